The second-order valence-electron chi connectivity index (χ2n) is 6.97. The van der Waals surface area contributed by atoms with Crippen LogP contribution in [0.4, 0.5) is 15.9 Å². The Morgan fingerprint density at radius 1 is 1.33 bits per heavy atom. The molecule has 2 N–H and O–H groups in total. The normalized spacial score (nSPS) is 14.9. The lowest BCUT2D eigenvalue weighted by atomic mass is 10.3. The molecule has 0 saturated carbocycles. The van der Waals surface area contributed by atoms with E-state index in [4.69, 9.17) is 15.2 Å². The minimum Gasteiger partial charge on any atom is -0.476 e. The summed E-state index contributed by atoms with van der Waals surface area (Å²) in [6, 6.07) is 3.17. The van der Waals surface area contributed by atoms with Gasteiger partial charge in [0.25, 0.3) is 6.47 Å². The van der Waals surface area contributed by atoms with Crippen LogP contribution >= 0.6 is 0 Å². The third-order valence-electron chi connectivity index (χ3n) is 4.68. The van der Waals surface area contributed by atoms with E-state index in [0.29, 0.717) is 55.6 Å². The summed E-state index contributed by atoms with van der Waals surface area (Å²) in [6.07, 6.45) is 5.75. The summed E-state index contributed by atoms with van der Waals surface area (Å²) >= 11 is 0. The number of rotatable bonds is 8. The second-order valence-corrected chi connectivity index (χ2v) is 6.97. The number of nitrogens with two attached hydrogens (primary N) is 1. The van der Waals surface area contributed by atoms with Gasteiger partial charge in [-0.1, -0.05) is 0 Å². The molecule has 3 aromatic rings. The average Bonchev–Trinajstić information content (AvgIpc) is 3.36. The summed E-state index contributed by atoms with van der Waals surface area (Å²) in [4.78, 5) is 19.4. The maximum Gasteiger partial charge on any atom is 0.298 e. The van der Waals surface area contributed by atoms with Gasteiger partial charge in [0, 0.05) is 37.5 Å². The van der Waals surface area contributed by atoms with Crippen LogP contribution in [0.3, 0.4) is 0 Å². The quantitative estimate of drug-likeness (QED) is 0.548. The summed E-state index contributed by atoms with van der Waals surface area (Å²) in [5, 5.41) is 7.90. The highest BCUT2D eigenvalue weighted by Gasteiger charge is 2.28. The molecule has 4 heterocycles. The lowest BCUT2D eigenvalue weighted by Crippen LogP contribution is -2.38. The van der Waals surface area contributed by atoms with E-state index in [-0.39, 0.29) is 11.8 Å². The monoisotopic (exact) mass is 415 g/mol. The van der Waals surface area contributed by atoms with Gasteiger partial charge in [-0.15, -0.1) is 0 Å². The maximum atomic E-state index is 14.0. The molecule has 0 unspecified atom stereocenters. The number of hydrogen-bond donors (Lipinski definition) is 1. The van der Waals surface area contributed by atoms with Crippen molar-refractivity contribution in [1.29, 1.82) is 0 Å². The Bertz CT molecular complexity index is 1040. The largest absolute Gasteiger partial charge is 0.476 e. The SMILES string of the molecule is C[C@@H](N)CCOc1ncc(F)cc1N1CCCN1c1ccn2ncc(OC=O)c2n1. The molecule has 0 bridgehead atoms. The minimum atomic E-state index is -0.461. The van der Waals surface area contributed by atoms with Crippen LogP contribution in [0.15, 0.2) is 30.7 Å². The first-order valence-corrected chi connectivity index (χ1v) is 9.60. The fraction of sp³-hybridized carbons (Fsp3) is 0.368. The van der Waals surface area contributed by atoms with E-state index < -0.39 is 5.82 Å². The van der Waals surface area contributed by atoms with Gasteiger partial charge >= 0.3 is 0 Å². The molecular weight excluding hydrogens is 393 g/mol. The first-order chi connectivity index (χ1) is 14.6. The van der Waals surface area contributed by atoms with Gasteiger partial charge in [-0.2, -0.15) is 5.10 Å². The third-order valence-corrected chi connectivity index (χ3v) is 4.68. The van der Waals surface area contributed by atoms with E-state index >= 15 is 0 Å². The predicted molar refractivity (Wildman–Crippen MR) is 107 cm³/mol. The topological polar surface area (TPSA) is 111 Å². The molecule has 0 aliphatic carbocycles. The molecule has 3 aromatic heterocycles. The van der Waals surface area contributed by atoms with Crippen molar-refractivity contribution < 1.29 is 18.7 Å². The molecule has 1 saturated heterocycles. The molecule has 10 nitrogen and oxygen atoms in total. The van der Waals surface area contributed by atoms with Crippen molar-refractivity contribution in [2.45, 2.75) is 25.8 Å². The third kappa shape index (κ3) is 3.96. The van der Waals surface area contributed by atoms with Gasteiger partial charge < -0.3 is 15.2 Å². The van der Waals surface area contributed by atoms with Crippen molar-refractivity contribution in [2.75, 3.05) is 29.7 Å². The van der Waals surface area contributed by atoms with Crippen LogP contribution in [-0.4, -0.2) is 51.8 Å². The van der Waals surface area contributed by atoms with Crippen LogP contribution in [0.25, 0.3) is 5.65 Å². The number of hydrazine groups is 1. The van der Waals surface area contributed by atoms with Crippen LogP contribution in [0, 0.1) is 5.82 Å². The zero-order valence-electron chi connectivity index (χ0n) is 16.4. The van der Waals surface area contributed by atoms with Gasteiger partial charge in [0.05, 0.1) is 19.0 Å². The highest BCUT2D eigenvalue weighted by atomic mass is 19.1. The molecule has 11 heteroatoms. The van der Waals surface area contributed by atoms with Crippen LogP contribution in [0.1, 0.15) is 19.8 Å². The van der Waals surface area contributed by atoms with Gasteiger partial charge in [-0.25, -0.2) is 18.9 Å². The predicted octanol–water partition coefficient (Wildman–Crippen LogP) is 1.55. The first-order valence-electron chi connectivity index (χ1n) is 9.60. The Balaban J connectivity index is 1.65. The number of ether oxygens (including phenoxy) is 2. The number of halogens is 1. The summed E-state index contributed by atoms with van der Waals surface area (Å²) in [6.45, 7) is 3.91. The number of carbonyl (C=O) groups is 1. The summed E-state index contributed by atoms with van der Waals surface area (Å²) in [5.41, 5.74) is 6.69. The number of nitrogens with zero attached hydrogens (tertiary/aromatic N) is 6. The Morgan fingerprint density at radius 3 is 2.97 bits per heavy atom. The highest BCUT2D eigenvalue weighted by molar-refractivity contribution is 5.65. The number of fused-ring (bicyclic) bond motifs is 1. The summed E-state index contributed by atoms with van der Waals surface area (Å²) in [7, 11) is 0. The standard InChI is InChI=1S/C19H22FN7O3/c1-13(21)4-8-29-19-15(9-14(20)10-22-19)26-5-2-6-27(26)17-3-7-25-18(24-17)16(11-23-25)30-12-28/h3,7,9-13H,2,4-6,8,21H2,1H3/t13-/m1/s1. The number of anilines is 2. The van der Waals surface area contributed by atoms with E-state index in [1.165, 1.54) is 16.8 Å². The van der Waals surface area contributed by atoms with Crippen molar-refractivity contribution in [3.05, 3.63) is 36.5 Å². The Kier molecular flexibility index (Phi) is 5.61. The van der Waals surface area contributed by atoms with Crippen LogP contribution in [0.5, 0.6) is 11.6 Å². The van der Waals surface area contributed by atoms with Gasteiger partial charge in [0.15, 0.2) is 11.6 Å². The molecule has 1 fully saturated rings. The van der Waals surface area contributed by atoms with Crippen molar-refractivity contribution >= 4 is 23.6 Å². The molecule has 4 rings (SSSR count). The molecular formula is C19H22FN7O3. The van der Waals surface area contributed by atoms with Gasteiger partial charge in [-0.05, 0) is 19.8 Å². The molecule has 1 aliphatic heterocycles. The summed E-state index contributed by atoms with van der Waals surface area (Å²) in [5.74, 6) is 0.726. The molecule has 0 radical (unpaired) electrons. The maximum absolute atomic E-state index is 14.0. The van der Waals surface area contributed by atoms with Gasteiger partial charge in [0.2, 0.25) is 11.5 Å². The Hall–Kier alpha value is -3.47. The molecule has 158 valence electrons. The smallest absolute Gasteiger partial charge is 0.298 e. The van der Waals surface area contributed by atoms with E-state index in [1.807, 2.05) is 16.9 Å². The second kappa shape index (κ2) is 8.49. The van der Waals surface area contributed by atoms with E-state index in [9.17, 15) is 9.18 Å². The first kappa shape index (κ1) is 19.8. The fourth-order valence-electron chi connectivity index (χ4n) is 3.27. The van der Waals surface area contributed by atoms with E-state index in [0.717, 1.165) is 12.6 Å². The lowest BCUT2D eigenvalue weighted by Gasteiger charge is -2.31. The Morgan fingerprint density at radius 2 is 2.17 bits per heavy atom. The van der Waals surface area contributed by atoms with Gasteiger partial charge in [0.1, 0.15) is 11.5 Å². The van der Waals surface area contributed by atoms with Crippen LogP contribution < -0.4 is 25.2 Å². The number of aromatic nitrogens is 4. The molecule has 1 aliphatic rings. The minimum absolute atomic E-state index is 0.00783. The Labute approximate surface area is 172 Å². The zero-order chi connectivity index (χ0) is 21.1. The molecule has 1 atom stereocenters. The van der Waals surface area contributed by atoms with Crippen molar-refractivity contribution in [3.63, 3.8) is 0 Å². The van der Waals surface area contributed by atoms with Gasteiger partial charge in [-0.3, -0.25) is 14.8 Å². The van der Waals surface area contributed by atoms with E-state index in [2.05, 4.69) is 15.1 Å². The summed E-state index contributed by atoms with van der Waals surface area (Å²) < 4.78 is 26.3. The lowest BCUT2D eigenvalue weighted by molar-refractivity contribution is -0.120. The van der Waals surface area contributed by atoms with E-state index in [1.54, 1.807) is 12.3 Å². The van der Waals surface area contributed by atoms with Crippen molar-refractivity contribution in [3.8, 4) is 11.6 Å². The average molecular weight is 415 g/mol. The number of hydrogen-bond acceptors (Lipinski definition) is 9. The van der Waals surface area contributed by atoms with Crippen molar-refractivity contribution in [2.24, 2.45) is 5.73 Å². The fourth-order valence-corrected chi connectivity index (χ4v) is 3.27. The molecule has 0 aromatic carbocycles. The molecule has 0 spiro atoms. The molecule has 30 heavy (non-hydrogen) atoms. The molecule has 0 amide bonds. The number of carbonyl (C=O) groups excluding carboxylic acids is 1. The van der Waals surface area contributed by atoms with Crippen LogP contribution in [0.2, 0.25) is 0 Å². The zero-order valence-corrected chi connectivity index (χ0v) is 16.4. The highest BCUT2D eigenvalue weighted by Crippen LogP contribution is 2.33. The van der Waals surface area contributed by atoms with Crippen molar-refractivity contribution in [1.82, 2.24) is 19.6 Å². The number of pyridine rings is 1. The van der Waals surface area contributed by atoms with Crippen LogP contribution in [-0.2, 0) is 4.79 Å².